The molecule has 0 saturated heterocycles. The van der Waals surface area contributed by atoms with Crippen molar-refractivity contribution in [2.24, 2.45) is 0 Å². The van der Waals surface area contributed by atoms with Crippen molar-refractivity contribution in [2.45, 2.75) is 32.6 Å². The average molecular weight is 400 g/mol. The molecular weight excluding hydrogens is 380 g/mol. The van der Waals surface area contributed by atoms with Gasteiger partial charge in [0.05, 0.1) is 17.1 Å². The van der Waals surface area contributed by atoms with Crippen LogP contribution in [0.25, 0.3) is 6.08 Å². The third-order valence-electron chi connectivity index (χ3n) is 4.33. The van der Waals surface area contributed by atoms with Crippen LogP contribution in [-0.2, 0) is 22.4 Å². The van der Waals surface area contributed by atoms with Crippen LogP contribution >= 0.6 is 11.3 Å². The first-order chi connectivity index (χ1) is 13.5. The molecule has 0 bridgehead atoms. The molecule has 0 saturated carbocycles. The summed E-state index contributed by atoms with van der Waals surface area (Å²) in [7, 11) is 0. The van der Waals surface area contributed by atoms with Gasteiger partial charge in [-0.1, -0.05) is 6.92 Å². The highest BCUT2D eigenvalue weighted by Crippen LogP contribution is 2.39. The van der Waals surface area contributed by atoms with E-state index in [1.807, 2.05) is 6.92 Å². The second kappa shape index (κ2) is 8.79. The van der Waals surface area contributed by atoms with Crippen molar-refractivity contribution >= 4 is 40.0 Å². The molecule has 146 valence electrons. The Bertz CT molecular complexity index is 931. The normalized spacial score (nSPS) is 12.8. The number of carbonyl (C=O) groups is 2. The fraction of sp³-hybridized carbons (Fsp3) is 0.300. The number of fused-ring (bicyclic) bond motifs is 1. The van der Waals surface area contributed by atoms with Crippen LogP contribution in [0.4, 0.5) is 10.7 Å². The first-order valence-corrected chi connectivity index (χ1v) is 9.86. The van der Waals surface area contributed by atoms with Crippen LogP contribution < -0.4 is 5.32 Å². The predicted molar refractivity (Wildman–Crippen MR) is 108 cm³/mol. The summed E-state index contributed by atoms with van der Waals surface area (Å²) >= 11 is 1.42. The standard InChI is InChI=1S/C20H20N2O5S/c1-2-12-27-20(24)18-15-4-3-5-16(15)28-19(18)21-17(23)11-8-13-6-9-14(10-7-13)22(25)26/h6-11H,2-5,12H2,1H3,(H,21,23)/b11-8-. The summed E-state index contributed by atoms with van der Waals surface area (Å²) in [6, 6.07) is 5.89. The van der Waals surface area contributed by atoms with E-state index in [9.17, 15) is 19.7 Å². The number of anilines is 1. The molecule has 1 N–H and O–H groups in total. The van der Waals surface area contributed by atoms with Crippen LogP contribution in [0.1, 0.15) is 46.1 Å². The monoisotopic (exact) mass is 400 g/mol. The second-order valence-corrected chi connectivity index (χ2v) is 7.47. The summed E-state index contributed by atoms with van der Waals surface area (Å²) in [4.78, 5) is 36.1. The molecule has 1 aromatic heterocycles. The summed E-state index contributed by atoms with van der Waals surface area (Å²) in [6.07, 6.45) is 6.36. The smallest absolute Gasteiger partial charge is 0.341 e. The van der Waals surface area contributed by atoms with Gasteiger partial charge in [-0.15, -0.1) is 11.3 Å². The number of non-ortho nitro benzene ring substituents is 1. The van der Waals surface area contributed by atoms with E-state index in [2.05, 4.69) is 5.32 Å². The number of amides is 1. The molecule has 3 rings (SSSR count). The number of benzene rings is 1. The fourth-order valence-corrected chi connectivity index (χ4v) is 4.29. The van der Waals surface area contributed by atoms with Crippen LogP contribution in [0.3, 0.4) is 0 Å². The number of nitrogens with one attached hydrogen (secondary N) is 1. The highest BCUT2D eigenvalue weighted by Gasteiger charge is 2.28. The largest absolute Gasteiger partial charge is 0.462 e. The number of hydrogen-bond donors (Lipinski definition) is 1. The van der Waals surface area contributed by atoms with E-state index in [1.54, 1.807) is 18.2 Å². The van der Waals surface area contributed by atoms with Crippen molar-refractivity contribution in [1.29, 1.82) is 0 Å². The van der Waals surface area contributed by atoms with Crippen molar-refractivity contribution in [3.05, 3.63) is 62.0 Å². The molecule has 28 heavy (non-hydrogen) atoms. The van der Waals surface area contributed by atoms with Gasteiger partial charge in [0.1, 0.15) is 5.00 Å². The Labute approximate surface area is 166 Å². The number of aryl methyl sites for hydroxylation is 1. The molecule has 0 atom stereocenters. The fourth-order valence-electron chi connectivity index (χ4n) is 3.01. The van der Waals surface area contributed by atoms with Gasteiger partial charge in [-0.3, -0.25) is 14.9 Å². The van der Waals surface area contributed by atoms with Crippen LogP contribution in [0.2, 0.25) is 0 Å². The van der Waals surface area contributed by atoms with Gasteiger partial charge in [0.15, 0.2) is 0 Å². The van der Waals surface area contributed by atoms with Gasteiger partial charge < -0.3 is 10.1 Å². The number of ether oxygens (including phenoxy) is 1. The summed E-state index contributed by atoms with van der Waals surface area (Å²) in [6.45, 7) is 2.27. The molecule has 0 unspecified atom stereocenters. The minimum absolute atomic E-state index is 0.00932. The topological polar surface area (TPSA) is 98.5 Å². The Morgan fingerprint density at radius 1 is 1.29 bits per heavy atom. The summed E-state index contributed by atoms with van der Waals surface area (Å²) in [5, 5.41) is 14.0. The van der Waals surface area contributed by atoms with E-state index in [4.69, 9.17) is 4.74 Å². The zero-order valence-corrected chi connectivity index (χ0v) is 16.2. The molecule has 8 heteroatoms. The maximum Gasteiger partial charge on any atom is 0.341 e. The first-order valence-electron chi connectivity index (χ1n) is 9.04. The summed E-state index contributed by atoms with van der Waals surface area (Å²) in [5.74, 6) is -0.765. The Balaban J connectivity index is 1.73. The van der Waals surface area contributed by atoms with Gasteiger partial charge in [0.25, 0.3) is 5.69 Å². The van der Waals surface area contributed by atoms with E-state index in [1.165, 1.54) is 29.5 Å². The Hall–Kier alpha value is -3.00. The number of nitro benzene ring substituents is 1. The molecule has 2 aromatic rings. The molecule has 1 aliphatic rings. The average Bonchev–Trinajstić information content (AvgIpc) is 3.25. The maximum atomic E-state index is 12.5. The van der Waals surface area contributed by atoms with Crippen molar-refractivity contribution in [1.82, 2.24) is 0 Å². The highest BCUT2D eigenvalue weighted by molar-refractivity contribution is 7.17. The lowest BCUT2D eigenvalue weighted by molar-refractivity contribution is -0.384. The minimum Gasteiger partial charge on any atom is -0.462 e. The van der Waals surface area contributed by atoms with E-state index >= 15 is 0 Å². The first kappa shape index (κ1) is 19.8. The molecule has 1 aliphatic carbocycles. The summed E-state index contributed by atoms with van der Waals surface area (Å²) < 4.78 is 5.29. The molecule has 0 spiro atoms. The van der Waals surface area contributed by atoms with Crippen LogP contribution in [-0.4, -0.2) is 23.4 Å². The Morgan fingerprint density at radius 2 is 2.04 bits per heavy atom. The Morgan fingerprint density at radius 3 is 2.71 bits per heavy atom. The molecule has 7 nitrogen and oxygen atoms in total. The van der Waals surface area contributed by atoms with Crippen molar-refractivity contribution in [3.63, 3.8) is 0 Å². The number of esters is 1. The number of carbonyl (C=O) groups excluding carboxylic acids is 2. The molecule has 0 aliphatic heterocycles. The van der Waals surface area contributed by atoms with Gasteiger partial charge in [0, 0.05) is 23.1 Å². The quantitative estimate of drug-likeness (QED) is 0.322. The van der Waals surface area contributed by atoms with E-state index < -0.39 is 10.9 Å². The molecule has 0 radical (unpaired) electrons. The summed E-state index contributed by atoms with van der Waals surface area (Å²) in [5.41, 5.74) is 2.12. The molecular formula is C20H20N2O5S. The third-order valence-corrected chi connectivity index (χ3v) is 5.54. The lowest BCUT2D eigenvalue weighted by Gasteiger charge is -2.07. The lowest BCUT2D eigenvalue weighted by Crippen LogP contribution is -2.13. The van der Waals surface area contributed by atoms with E-state index in [0.717, 1.165) is 36.1 Å². The second-order valence-electron chi connectivity index (χ2n) is 6.37. The van der Waals surface area contributed by atoms with Crippen molar-refractivity contribution < 1.29 is 19.2 Å². The number of nitro groups is 1. The van der Waals surface area contributed by atoms with Gasteiger partial charge in [-0.2, -0.15) is 0 Å². The Kier molecular flexibility index (Phi) is 6.20. The minimum atomic E-state index is -0.477. The highest BCUT2D eigenvalue weighted by atomic mass is 32.1. The molecule has 1 amide bonds. The number of hydrogen-bond acceptors (Lipinski definition) is 6. The molecule has 0 fully saturated rings. The van der Waals surface area contributed by atoms with Gasteiger partial charge in [-0.05, 0) is 55.0 Å². The van der Waals surface area contributed by atoms with Gasteiger partial charge in [0.2, 0.25) is 5.91 Å². The third kappa shape index (κ3) is 4.45. The van der Waals surface area contributed by atoms with Crippen molar-refractivity contribution in [2.75, 3.05) is 11.9 Å². The van der Waals surface area contributed by atoms with Crippen LogP contribution in [0.5, 0.6) is 0 Å². The van der Waals surface area contributed by atoms with Gasteiger partial charge in [-0.25, -0.2) is 4.79 Å². The van der Waals surface area contributed by atoms with E-state index in [0.29, 0.717) is 22.7 Å². The molecule has 1 heterocycles. The number of thiophene rings is 1. The van der Waals surface area contributed by atoms with Gasteiger partial charge >= 0.3 is 5.97 Å². The van der Waals surface area contributed by atoms with Crippen LogP contribution in [0.15, 0.2) is 30.3 Å². The zero-order valence-electron chi connectivity index (χ0n) is 15.4. The number of nitrogens with zero attached hydrogens (tertiary/aromatic N) is 1. The SMILES string of the molecule is CCCOC(=O)c1c(NC(=O)/C=C\c2ccc([N+](=O)[O-])cc2)sc2c1CCC2. The maximum absolute atomic E-state index is 12.5. The lowest BCUT2D eigenvalue weighted by atomic mass is 10.1. The van der Waals surface area contributed by atoms with E-state index in [-0.39, 0.29) is 11.6 Å². The number of rotatable bonds is 7. The van der Waals surface area contributed by atoms with Crippen molar-refractivity contribution in [3.8, 4) is 0 Å². The predicted octanol–water partition coefficient (Wildman–Crippen LogP) is 4.36. The molecule has 1 aromatic carbocycles. The van der Waals surface area contributed by atoms with Crippen LogP contribution in [0, 0.1) is 10.1 Å². The zero-order chi connectivity index (χ0) is 20.1.